The van der Waals surface area contributed by atoms with Gasteiger partial charge in [-0.05, 0) is 41.5 Å². The first-order valence-corrected chi connectivity index (χ1v) is 10.6. The Bertz CT molecular complexity index is 1040. The van der Waals surface area contributed by atoms with Gasteiger partial charge in [-0.1, -0.05) is 58.4 Å². The number of nitrogens with one attached hydrogen (secondary N) is 2. The van der Waals surface area contributed by atoms with Crippen molar-refractivity contribution >= 4 is 27.7 Å². The topological polar surface area (TPSA) is 85.9 Å². The Labute approximate surface area is 194 Å². The Balaban J connectivity index is 1.50. The fraction of sp³-hybridized carbons (Fsp3) is 0.167. The maximum atomic E-state index is 12.5. The molecule has 7 nitrogen and oxygen atoms in total. The number of ether oxygens (including phenoxy) is 3. The van der Waals surface area contributed by atoms with E-state index in [0.717, 1.165) is 11.1 Å². The molecule has 0 aliphatic rings. The van der Waals surface area contributed by atoms with Gasteiger partial charge in [-0.3, -0.25) is 20.4 Å². The summed E-state index contributed by atoms with van der Waals surface area (Å²) in [4.78, 5) is 24.6. The molecule has 3 aromatic rings. The van der Waals surface area contributed by atoms with Crippen LogP contribution in [0.4, 0.5) is 0 Å². The maximum Gasteiger partial charge on any atom is 0.276 e. The molecule has 0 atom stereocenters. The van der Waals surface area contributed by atoms with E-state index in [0.29, 0.717) is 29.2 Å². The third-order valence-electron chi connectivity index (χ3n) is 4.38. The van der Waals surface area contributed by atoms with Crippen LogP contribution in [0.15, 0.2) is 77.3 Å². The maximum absolute atomic E-state index is 12.5. The molecule has 0 unspecified atom stereocenters. The van der Waals surface area contributed by atoms with Crippen LogP contribution in [-0.4, -0.2) is 38.7 Å². The lowest BCUT2D eigenvalue weighted by atomic mass is 10.1. The molecule has 0 fully saturated rings. The van der Waals surface area contributed by atoms with Gasteiger partial charge in [0.1, 0.15) is 18.1 Å². The molecule has 0 saturated carbocycles. The number of rotatable bonds is 9. The Morgan fingerprint density at radius 3 is 2.28 bits per heavy atom. The van der Waals surface area contributed by atoms with E-state index in [1.807, 2.05) is 42.5 Å². The average molecular weight is 499 g/mol. The number of hydrogen-bond donors (Lipinski definition) is 2. The van der Waals surface area contributed by atoms with E-state index in [1.54, 1.807) is 37.4 Å². The molecule has 0 bridgehead atoms. The highest BCUT2D eigenvalue weighted by Crippen LogP contribution is 2.23. The number of carbonyl (C=O) groups is 2. The number of hydrogen-bond acceptors (Lipinski definition) is 5. The number of amides is 2. The van der Waals surface area contributed by atoms with Crippen molar-refractivity contribution in [3.8, 4) is 22.6 Å². The second kappa shape index (κ2) is 11.9. The van der Waals surface area contributed by atoms with Crippen LogP contribution in [0.1, 0.15) is 10.4 Å². The van der Waals surface area contributed by atoms with Gasteiger partial charge in [0.25, 0.3) is 11.8 Å². The van der Waals surface area contributed by atoms with Crippen LogP contribution in [0.2, 0.25) is 0 Å². The summed E-state index contributed by atoms with van der Waals surface area (Å²) in [5.41, 5.74) is 7.13. The Morgan fingerprint density at radius 2 is 1.56 bits per heavy atom. The van der Waals surface area contributed by atoms with Crippen molar-refractivity contribution in [1.82, 2.24) is 10.9 Å². The van der Waals surface area contributed by atoms with Gasteiger partial charge >= 0.3 is 0 Å². The SMILES string of the molecule is COCCOc1ccc(Br)cc1C(=O)NNC(=O)COc1ccc(-c2ccccc2)cc1. The highest BCUT2D eigenvalue weighted by Gasteiger charge is 2.14. The number of benzene rings is 3. The van der Waals surface area contributed by atoms with Gasteiger partial charge in [-0.25, -0.2) is 0 Å². The van der Waals surface area contributed by atoms with Crippen LogP contribution >= 0.6 is 15.9 Å². The van der Waals surface area contributed by atoms with Crippen LogP contribution in [0.3, 0.4) is 0 Å². The van der Waals surface area contributed by atoms with Crippen molar-refractivity contribution in [2.75, 3.05) is 26.9 Å². The third kappa shape index (κ3) is 6.83. The highest BCUT2D eigenvalue weighted by molar-refractivity contribution is 9.10. The van der Waals surface area contributed by atoms with Crippen LogP contribution in [0.5, 0.6) is 11.5 Å². The zero-order valence-electron chi connectivity index (χ0n) is 17.5. The van der Waals surface area contributed by atoms with Crippen molar-refractivity contribution in [2.24, 2.45) is 0 Å². The van der Waals surface area contributed by atoms with Gasteiger partial charge in [0.05, 0.1) is 12.2 Å². The lowest BCUT2D eigenvalue weighted by Gasteiger charge is -2.13. The number of hydrazine groups is 1. The third-order valence-corrected chi connectivity index (χ3v) is 4.87. The summed E-state index contributed by atoms with van der Waals surface area (Å²) in [5.74, 6) is -0.0830. The molecule has 32 heavy (non-hydrogen) atoms. The zero-order chi connectivity index (χ0) is 22.8. The minimum atomic E-state index is -0.515. The molecule has 3 aromatic carbocycles. The van der Waals surface area contributed by atoms with E-state index in [-0.39, 0.29) is 12.2 Å². The van der Waals surface area contributed by atoms with E-state index in [4.69, 9.17) is 14.2 Å². The molecule has 0 aliphatic heterocycles. The Morgan fingerprint density at radius 1 is 0.844 bits per heavy atom. The standard InChI is InChI=1S/C24H23BrN2O5/c1-30-13-14-31-22-12-9-19(25)15-21(22)24(29)27-26-23(28)16-32-20-10-7-18(8-11-20)17-5-3-2-4-6-17/h2-12,15H,13-14,16H2,1H3,(H,26,28)(H,27,29). The molecule has 0 aromatic heterocycles. The van der Waals surface area contributed by atoms with E-state index >= 15 is 0 Å². The van der Waals surface area contributed by atoms with Crippen molar-refractivity contribution in [3.05, 3.63) is 82.8 Å². The molecule has 0 radical (unpaired) electrons. The smallest absolute Gasteiger partial charge is 0.276 e. The van der Waals surface area contributed by atoms with E-state index in [1.165, 1.54) is 0 Å². The fourth-order valence-electron chi connectivity index (χ4n) is 2.79. The van der Waals surface area contributed by atoms with E-state index in [9.17, 15) is 9.59 Å². The number of halogens is 1. The predicted molar refractivity (Wildman–Crippen MR) is 124 cm³/mol. The van der Waals surface area contributed by atoms with Crippen LogP contribution in [0.25, 0.3) is 11.1 Å². The summed E-state index contributed by atoms with van der Waals surface area (Å²) in [6, 6.07) is 22.4. The number of methoxy groups -OCH3 is 1. The molecule has 2 N–H and O–H groups in total. The van der Waals surface area contributed by atoms with Crippen molar-refractivity contribution in [2.45, 2.75) is 0 Å². The molecule has 0 spiro atoms. The minimum Gasteiger partial charge on any atom is -0.490 e. The van der Waals surface area contributed by atoms with Crippen molar-refractivity contribution in [1.29, 1.82) is 0 Å². The van der Waals surface area contributed by atoms with Gasteiger partial charge in [0, 0.05) is 11.6 Å². The van der Waals surface area contributed by atoms with Gasteiger partial charge in [0.15, 0.2) is 6.61 Å². The summed E-state index contributed by atoms with van der Waals surface area (Å²) in [7, 11) is 1.56. The molecule has 0 saturated heterocycles. The predicted octanol–water partition coefficient (Wildman–Crippen LogP) is 3.98. The molecule has 3 rings (SSSR count). The lowest BCUT2D eigenvalue weighted by molar-refractivity contribution is -0.123. The molecular weight excluding hydrogens is 476 g/mol. The minimum absolute atomic E-state index is 0.249. The largest absolute Gasteiger partial charge is 0.490 e. The summed E-state index contributed by atoms with van der Waals surface area (Å²) in [6.45, 7) is 0.430. The normalized spacial score (nSPS) is 10.3. The zero-order valence-corrected chi connectivity index (χ0v) is 19.1. The van der Waals surface area contributed by atoms with E-state index in [2.05, 4.69) is 26.8 Å². The average Bonchev–Trinajstić information content (AvgIpc) is 2.83. The van der Waals surface area contributed by atoms with Crippen LogP contribution in [-0.2, 0) is 9.53 Å². The monoisotopic (exact) mass is 498 g/mol. The molecule has 0 heterocycles. The Hall–Kier alpha value is -3.36. The van der Waals surface area contributed by atoms with Crippen molar-refractivity contribution in [3.63, 3.8) is 0 Å². The van der Waals surface area contributed by atoms with Gasteiger partial charge in [0.2, 0.25) is 0 Å². The first-order chi connectivity index (χ1) is 15.6. The summed E-state index contributed by atoms with van der Waals surface area (Å²) in [5, 5.41) is 0. The summed E-state index contributed by atoms with van der Waals surface area (Å²) in [6.07, 6.45) is 0. The molecule has 8 heteroatoms. The van der Waals surface area contributed by atoms with Crippen LogP contribution in [0, 0.1) is 0 Å². The molecule has 0 aliphatic carbocycles. The van der Waals surface area contributed by atoms with Gasteiger partial charge in [-0.2, -0.15) is 0 Å². The molecular formula is C24H23BrN2O5. The van der Waals surface area contributed by atoms with E-state index < -0.39 is 11.8 Å². The summed E-state index contributed by atoms with van der Waals surface area (Å²) < 4.78 is 16.7. The summed E-state index contributed by atoms with van der Waals surface area (Å²) >= 11 is 3.33. The first kappa shape index (κ1) is 23.3. The highest BCUT2D eigenvalue weighted by atomic mass is 79.9. The molecule has 2 amide bonds. The van der Waals surface area contributed by atoms with Crippen molar-refractivity contribution < 1.29 is 23.8 Å². The molecule has 166 valence electrons. The van der Waals surface area contributed by atoms with Crippen LogP contribution < -0.4 is 20.3 Å². The Kier molecular flexibility index (Phi) is 8.65. The quantitative estimate of drug-likeness (QED) is 0.344. The number of carbonyl (C=O) groups excluding carboxylic acids is 2. The fourth-order valence-corrected chi connectivity index (χ4v) is 3.15. The second-order valence-electron chi connectivity index (χ2n) is 6.66. The lowest BCUT2D eigenvalue weighted by Crippen LogP contribution is -2.44. The second-order valence-corrected chi connectivity index (χ2v) is 7.58. The van der Waals surface area contributed by atoms with Gasteiger partial charge < -0.3 is 14.2 Å². The van der Waals surface area contributed by atoms with Gasteiger partial charge in [-0.15, -0.1) is 0 Å². The first-order valence-electron chi connectivity index (χ1n) is 9.85.